The van der Waals surface area contributed by atoms with Gasteiger partial charge in [0.2, 0.25) is 0 Å². The zero-order valence-electron chi connectivity index (χ0n) is 12.6. The summed E-state index contributed by atoms with van der Waals surface area (Å²) in [4.78, 5) is 12.0. The summed E-state index contributed by atoms with van der Waals surface area (Å²) in [6.45, 7) is 0. The monoisotopic (exact) mass is 360 g/mol. The first-order chi connectivity index (χ1) is 10.8. The first kappa shape index (κ1) is 18.6. The van der Waals surface area contributed by atoms with E-state index in [0.717, 1.165) is 0 Å². The molecule has 0 amide bonds. The fraction of sp³-hybridized carbons (Fsp3) is 0.692. The molecule has 2 bridgehead atoms. The highest BCUT2D eigenvalue weighted by molar-refractivity contribution is 5.86. The Balaban J connectivity index is 2.21. The largest absolute Gasteiger partial charge is 0.442 e. The standard InChI is InChI=1S/C13H14F6N2O3/c1-21(2)20-6-11-4-3-7(24-11)5-8(11)9(22)23-10(12(14,15)16)13(17,18)19/h3-4,6-8,10H,5H2,1-2H3/b20-6+/t7-,8?,11-/m0/s1. The Labute approximate surface area is 132 Å². The van der Waals surface area contributed by atoms with Crippen molar-refractivity contribution in [3.05, 3.63) is 12.2 Å². The van der Waals surface area contributed by atoms with Gasteiger partial charge in [-0.3, -0.25) is 4.79 Å². The summed E-state index contributed by atoms with van der Waals surface area (Å²) >= 11 is 0. The average Bonchev–Trinajstić information content (AvgIpc) is 2.98. The number of hydrogen-bond acceptors (Lipinski definition) is 5. The molecule has 0 aromatic carbocycles. The molecule has 2 aliphatic rings. The predicted octanol–water partition coefficient (Wildman–Crippen LogP) is 2.28. The summed E-state index contributed by atoms with van der Waals surface area (Å²) in [5, 5.41) is 5.21. The van der Waals surface area contributed by atoms with E-state index in [1.165, 1.54) is 17.3 Å². The molecule has 0 aliphatic carbocycles. The second kappa shape index (κ2) is 5.94. The Morgan fingerprint density at radius 3 is 2.38 bits per heavy atom. The van der Waals surface area contributed by atoms with E-state index >= 15 is 0 Å². The minimum absolute atomic E-state index is 0.0861. The van der Waals surface area contributed by atoms with Crippen molar-refractivity contribution >= 4 is 12.2 Å². The molecule has 24 heavy (non-hydrogen) atoms. The van der Waals surface area contributed by atoms with E-state index in [9.17, 15) is 31.1 Å². The summed E-state index contributed by atoms with van der Waals surface area (Å²) in [6, 6.07) is 0. The van der Waals surface area contributed by atoms with E-state index in [-0.39, 0.29) is 6.42 Å². The summed E-state index contributed by atoms with van der Waals surface area (Å²) in [5.74, 6) is -2.98. The third-order valence-corrected chi connectivity index (χ3v) is 3.54. The van der Waals surface area contributed by atoms with Crippen LogP contribution < -0.4 is 0 Å². The maximum Gasteiger partial charge on any atom is 0.434 e. The molecule has 2 aliphatic heterocycles. The minimum atomic E-state index is -5.76. The molecule has 0 aromatic heterocycles. The third kappa shape index (κ3) is 3.65. The molecule has 3 atom stereocenters. The number of hydrogen-bond donors (Lipinski definition) is 0. The molecular formula is C13H14F6N2O3. The fourth-order valence-corrected chi connectivity index (χ4v) is 2.51. The lowest BCUT2D eigenvalue weighted by Crippen LogP contribution is -2.49. The lowest BCUT2D eigenvalue weighted by molar-refractivity contribution is -0.314. The highest BCUT2D eigenvalue weighted by Crippen LogP contribution is 2.44. The van der Waals surface area contributed by atoms with Crippen molar-refractivity contribution in [1.82, 2.24) is 5.01 Å². The van der Waals surface area contributed by atoms with Crippen LogP contribution >= 0.6 is 0 Å². The molecule has 1 saturated heterocycles. The molecule has 0 spiro atoms. The van der Waals surface area contributed by atoms with Gasteiger partial charge in [0, 0.05) is 14.1 Å². The van der Waals surface area contributed by atoms with E-state index in [1.807, 2.05) is 0 Å². The van der Waals surface area contributed by atoms with E-state index in [1.54, 1.807) is 20.2 Å². The highest BCUT2D eigenvalue weighted by Gasteiger charge is 2.62. The van der Waals surface area contributed by atoms with Crippen LogP contribution in [0.4, 0.5) is 26.3 Å². The van der Waals surface area contributed by atoms with E-state index < -0.39 is 42.0 Å². The topological polar surface area (TPSA) is 51.1 Å². The van der Waals surface area contributed by atoms with Crippen LogP contribution in [0.15, 0.2) is 17.3 Å². The van der Waals surface area contributed by atoms with Crippen LogP contribution in [0.3, 0.4) is 0 Å². The van der Waals surface area contributed by atoms with E-state index in [4.69, 9.17) is 4.74 Å². The van der Waals surface area contributed by atoms with Gasteiger partial charge in [-0.15, -0.1) is 0 Å². The van der Waals surface area contributed by atoms with Crippen LogP contribution in [-0.4, -0.2) is 61.4 Å². The summed E-state index contributed by atoms with van der Waals surface area (Å²) in [5.41, 5.74) is -1.51. The number of ether oxygens (including phenoxy) is 2. The van der Waals surface area contributed by atoms with Gasteiger partial charge in [0.15, 0.2) is 0 Å². The number of halogens is 6. The number of nitrogens with zero attached hydrogens (tertiary/aromatic N) is 2. The van der Waals surface area contributed by atoms with Crippen molar-refractivity contribution in [2.75, 3.05) is 14.1 Å². The first-order valence-electron chi connectivity index (χ1n) is 6.79. The lowest BCUT2D eigenvalue weighted by Gasteiger charge is -2.28. The summed E-state index contributed by atoms with van der Waals surface area (Å²) in [7, 11) is 3.10. The number of alkyl halides is 6. The number of hydrazone groups is 1. The molecule has 0 radical (unpaired) electrons. The smallest absolute Gasteiger partial charge is 0.434 e. The van der Waals surface area contributed by atoms with Gasteiger partial charge < -0.3 is 14.5 Å². The number of fused-ring (bicyclic) bond motifs is 2. The second-order valence-corrected chi connectivity index (χ2v) is 5.65. The average molecular weight is 360 g/mol. The van der Waals surface area contributed by atoms with Crippen LogP contribution in [0.5, 0.6) is 0 Å². The lowest BCUT2D eigenvalue weighted by atomic mass is 9.84. The van der Waals surface area contributed by atoms with Crippen molar-refractivity contribution in [2.45, 2.75) is 36.6 Å². The Morgan fingerprint density at radius 1 is 1.33 bits per heavy atom. The van der Waals surface area contributed by atoms with Crippen molar-refractivity contribution in [3.63, 3.8) is 0 Å². The van der Waals surface area contributed by atoms with Crippen molar-refractivity contribution < 1.29 is 40.6 Å². The van der Waals surface area contributed by atoms with Gasteiger partial charge in [0.05, 0.1) is 18.2 Å². The van der Waals surface area contributed by atoms with Crippen molar-refractivity contribution in [1.29, 1.82) is 0 Å². The number of carbonyl (C=O) groups is 1. The van der Waals surface area contributed by atoms with Gasteiger partial charge in [-0.1, -0.05) is 6.08 Å². The number of esters is 1. The SMILES string of the molecule is CN(C)/N=C/[C@@]12C=C[C@@H](CC1C(=O)OC(C(F)(F)F)C(F)(F)F)O2. The third-order valence-electron chi connectivity index (χ3n) is 3.54. The first-order valence-corrected chi connectivity index (χ1v) is 6.79. The Bertz CT molecular complexity index is 543. The molecule has 11 heteroatoms. The molecule has 2 heterocycles. The molecule has 5 nitrogen and oxygen atoms in total. The van der Waals surface area contributed by atoms with Gasteiger partial charge in [0.1, 0.15) is 5.60 Å². The summed E-state index contributed by atoms with van der Waals surface area (Å²) < 4.78 is 84.4. The molecule has 136 valence electrons. The van der Waals surface area contributed by atoms with Crippen LogP contribution in [0.2, 0.25) is 0 Å². The Kier molecular flexibility index (Phi) is 4.59. The predicted molar refractivity (Wildman–Crippen MR) is 69.0 cm³/mol. The maximum absolute atomic E-state index is 12.5. The van der Waals surface area contributed by atoms with Crippen LogP contribution in [0, 0.1) is 5.92 Å². The molecule has 1 unspecified atom stereocenters. The van der Waals surface area contributed by atoms with Gasteiger partial charge in [-0.25, -0.2) is 0 Å². The van der Waals surface area contributed by atoms with Gasteiger partial charge in [-0.2, -0.15) is 31.4 Å². The number of rotatable bonds is 4. The van der Waals surface area contributed by atoms with Gasteiger partial charge >= 0.3 is 18.3 Å². The minimum Gasteiger partial charge on any atom is -0.442 e. The molecule has 1 fully saturated rings. The van der Waals surface area contributed by atoms with Crippen LogP contribution in [0.25, 0.3) is 0 Å². The van der Waals surface area contributed by atoms with E-state index in [0.29, 0.717) is 0 Å². The normalized spacial score (nSPS) is 29.7. The highest BCUT2D eigenvalue weighted by atomic mass is 19.4. The molecule has 0 saturated carbocycles. The number of carbonyl (C=O) groups excluding carboxylic acids is 1. The molecule has 0 aromatic rings. The van der Waals surface area contributed by atoms with Crippen molar-refractivity contribution in [3.8, 4) is 0 Å². The Hall–Kier alpha value is -1.78. The van der Waals surface area contributed by atoms with E-state index in [2.05, 4.69) is 9.84 Å². The molecule has 2 rings (SSSR count). The van der Waals surface area contributed by atoms with Crippen LogP contribution in [0.1, 0.15) is 6.42 Å². The molecular weight excluding hydrogens is 346 g/mol. The van der Waals surface area contributed by atoms with Gasteiger partial charge in [0.25, 0.3) is 6.10 Å². The zero-order valence-corrected chi connectivity index (χ0v) is 12.6. The fourth-order valence-electron chi connectivity index (χ4n) is 2.51. The summed E-state index contributed by atoms with van der Waals surface area (Å²) in [6.07, 6.45) is -12.3. The van der Waals surface area contributed by atoms with Crippen molar-refractivity contribution in [2.24, 2.45) is 11.0 Å². The van der Waals surface area contributed by atoms with Gasteiger partial charge in [-0.05, 0) is 12.5 Å². The molecule has 0 N–H and O–H groups in total. The Morgan fingerprint density at radius 2 is 1.92 bits per heavy atom. The van der Waals surface area contributed by atoms with Crippen LogP contribution in [-0.2, 0) is 14.3 Å². The second-order valence-electron chi connectivity index (χ2n) is 5.65. The maximum atomic E-state index is 12.5. The quantitative estimate of drug-likeness (QED) is 0.254. The zero-order chi connectivity index (χ0) is 18.3.